The van der Waals surface area contributed by atoms with Crippen LogP contribution in [0.2, 0.25) is 0 Å². The maximum absolute atomic E-state index is 12.1. The van der Waals surface area contributed by atoms with Crippen LogP contribution in [0.5, 0.6) is 0 Å². The van der Waals surface area contributed by atoms with Crippen molar-refractivity contribution in [2.45, 2.75) is 33.2 Å². The lowest BCUT2D eigenvalue weighted by atomic mass is 10.1. The first-order valence-corrected chi connectivity index (χ1v) is 7.82. The number of aryl methyl sites for hydroxylation is 1. The maximum atomic E-state index is 12.1. The number of carbonyl (C=O) groups is 2. The largest absolute Gasteiger partial charge is 0.348 e. The summed E-state index contributed by atoms with van der Waals surface area (Å²) in [5.41, 5.74) is 3.54. The minimum Gasteiger partial charge on any atom is -0.348 e. The van der Waals surface area contributed by atoms with E-state index in [1.54, 1.807) is 24.3 Å². The first kappa shape index (κ1) is 16.7. The second kappa shape index (κ2) is 8.13. The van der Waals surface area contributed by atoms with Crippen molar-refractivity contribution >= 4 is 17.5 Å². The fourth-order valence-electron chi connectivity index (χ4n) is 2.15. The summed E-state index contributed by atoms with van der Waals surface area (Å²) in [6.45, 7) is 4.48. The molecule has 0 radical (unpaired) electrons. The van der Waals surface area contributed by atoms with Crippen LogP contribution in [0, 0.1) is 6.92 Å². The average molecular weight is 310 g/mol. The van der Waals surface area contributed by atoms with Gasteiger partial charge in [-0.2, -0.15) is 0 Å². The number of hydrogen-bond donors (Lipinski definition) is 2. The fraction of sp³-hybridized carbons (Fsp3) is 0.263. The Kier molecular flexibility index (Phi) is 5.92. The Hall–Kier alpha value is -2.62. The highest BCUT2D eigenvalue weighted by Gasteiger charge is 2.06. The van der Waals surface area contributed by atoms with Crippen molar-refractivity contribution < 1.29 is 9.59 Å². The topological polar surface area (TPSA) is 58.2 Å². The molecule has 2 rings (SSSR count). The summed E-state index contributed by atoms with van der Waals surface area (Å²) in [5.74, 6) is -0.138. The number of nitrogens with one attached hydrogen (secondary N) is 2. The predicted molar refractivity (Wildman–Crippen MR) is 92.3 cm³/mol. The molecule has 2 amide bonds. The minimum atomic E-state index is -0.128. The fourth-order valence-corrected chi connectivity index (χ4v) is 2.15. The van der Waals surface area contributed by atoms with Gasteiger partial charge in [0.15, 0.2) is 0 Å². The highest BCUT2D eigenvalue weighted by molar-refractivity contribution is 5.95. The van der Waals surface area contributed by atoms with E-state index in [2.05, 4.69) is 10.6 Å². The van der Waals surface area contributed by atoms with E-state index in [4.69, 9.17) is 0 Å². The van der Waals surface area contributed by atoms with E-state index in [-0.39, 0.29) is 11.8 Å². The van der Waals surface area contributed by atoms with E-state index in [1.165, 1.54) is 5.56 Å². The van der Waals surface area contributed by atoms with Gasteiger partial charge in [0.05, 0.1) is 0 Å². The van der Waals surface area contributed by atoms with Crippen LogP contribution in [0.3, 0.4) is 0 Å². The van der Waals surface area contributed by atoms with Crippen LogP contribution in [0.4, 0.5) is 5.69 Å². The number of hydrogen-bond acceptors (Lipinski definition) is 2. The second-order valence-corrected chi connectivity index (χ2v) is 5.54. The maximum Gasteiger partial charge on any atom is 0.251 e. The van der Waals surface area contributed by atoms with Gasteiger partial charge in [-0.1, -0.05) is 36.8 Å². The summed E-state index contributed by atoms with van der Waals surface area (Å²) in [7, 11) is 0. The van der Waals surface area contributed by atoms with Crippen LogP contribution >= 0.6 is 0 Å². The monoisotopic (exact) mass is 310 g/mol. The molecule has 0 saturated heterocycles. The van der Waals surface area contributed by atoms with Crippen LogP contribution in [0.25, 0.3) is 0 Å². The zero-order valence-corrected chi connectivity index (χ0v) is 13.6. The van der Waals surface area contributed by atoms with E-state index in [0.717, 1.165) is 12.0 Å². The van der Waals surface area contributed by atoms with Crippen LogP contribution in [-0.2, 0) is 11.3 Å². The van der Waals surface area contributed by atoms with Crippen LogP contribution in [0.1, 0.15) is 41.3 Å². The highest BCUT2D eigenvalue weighted by Crippen LogP contribution is 2.11. The summed E-state index contributed by atoms with van der Waals surface area (Å²) in [5, 5.41) is 5.69. The molecule has 0 aliphatic carbocycles. The number of benzene rings is 2. The lowest BCUT2D eigenvalue weighted by molar-refractivity contribution is -0.116. The van der Waals surface area contributed by atoms with E-state index in [9.17, 15) is 9.59 Å². The van der Waals surface area contributed by atoms with Crippen molar-refractivity contribution in [2.75, 3.05) is 5.32 Å². The van der Waals surface area contributed by atoms with Gasteiger partial charge in [0.2, 0.25) is 5.91 Å². The minimum absolute atomic E-state index is 0.0101. The molecular weight excluding hydrogens is 288 g/mol. The number of rotatable bonds is 6. The summed E-state index contributed by atoms with van der Waals surface area (Å²) in [6, 6.07) is 15.0. The van der Waals surface area contributed by atoms with E-state index >= 15 is 0 Å². The molecule has 2 aromatic carbocycles. The first-order chi connectivity index (χ1) is 11.1. The van der Waals surface area contributed by atoms with Crippen LogP contribution in [-0.4, -0.2) is 11.8 Å². The molecular formula is C19H22N2O2. The molecule has 0 bridgehead atoms. The highest BCUT2D eigenvalue weighted by atomic mass is 16.2. The third-order valence-corrected chi connectivity index (χ3v) is 3.48. The van der Waals surface area contributed by atoms with Crippen molar-refractivity contribution in [2.24, 2.45) is 0 Å². The predicted octanol–water partition coefficient (Wildman–Crippen LogP) is 3.66. The van der Waals surface area contributed by atoms with Gasteiger partial charge >= 0.3 is 0 Å². The molecule has 0 aliphatic heterocycles. The number of anilines is 1. The zero-order chi connectivity index (χ0) is 16.7. The molecule has 2 aromatic rings. The molecule has 0 fully saturated rings. The smallest absolute Gasteiger partial charge is 0.251 e. The number of amides is 2. The number of carbonyl (C=O) groups excluding carboxylic acids is 2. The Morgan fingerprint density at radius 3 is 2.22 bits per heavy atom. The van der Waals surface area contributed by atoms with Crippen molar-refractivity contribution in [1.82, 2.24) is 5.32 Å². The molecule has 0 spiro atoms. The van der Waals surface area contributed by atoms with E-state index in [0.29, 0.717) is 24.2 Å². The van der Waals surface area contributed by atoms with Gasteiger partial charge in [-0.05, 0) is 43.2 Å². The van der Waals surface area contributed by atoms with Crippen molar-refractivity contribution in [1.29, 1.82) is 0 Å². The molecule has 0 heterocycles. The molecule has 0 aromatic heterocycles. The molecule has 0 unspecified atom stereocenters. The molecule has 120 valence electrons. The second-order valence-electron chi connectivity index (χ2n) is 5.54. The summed E-state index contributed by atoms with van der Waals surface area (Å²) in [4.78, 5) is 23.6. The van der Waals surface area contributed by atoms with Gasteiger partial charge < -0.3 is 10.6 Å². The molecule has 0 aliphatic rings. The van der Waals surface area contributed by atoms with Gasteiger partial charge in [-0.3, -0.25) is 9.59 Å². The Balaban J connectivity index is 1.89. The normalized spacial score (nSPS) is 10.2. The van der Waals surface area contributed by atoms with E-state index < -0.39 is 0 Å². The Bertz CT molecular complexity index is 661. The van der Waals surface area contributed by atoms with Gasteiger partial charge in [0.25, 0.3) is 5.91 Å². The lowest BCUT2D eigenvalue weighted by Crippen LogP contribution is -2.22. The van der Waals surface area contributed by atoms with Crippen molar-refractivity contribution in [3.63, 3.8) is 0 Å². The van der Waals surface area contributed by atoms with Crippen molar-refractivity contribution in [3.8, 4) is 0 Å². The molecule has 2 N–H and O–H groups in total. The van der Waals surface area contributed by atoms with Gasteiger partial charge in [-0.25, -0.2) is 0 Å². The summed E-state index contributed by atoms with van der Waals surface area (Å²) in [6.07, 6.45) is 1.31. The van der Waals surface area contributed by atoms with Gasteiger partial charge in [0.1, 0.15) is 0 Å². The first-order valence-electron chi connectivity index (χ1n) is 7.82. The Morgan fingerprint density at radius 1 is 0.957 bits per heavy atom. The summed E-state index contributed by atoms with van der Waals surface area (Å²) >= 11 is 0. The van der Waals surface area contributed by atoms with Crippen LogP contribution in [0.15, 0.2) is 48.5 Å². The Morgan fingerprint density at radius 2 is 1.61 bits per heavy atom. The lowest BCUT2D eigenvalue weighted by Gasteiger charge is -2.08. The third-order valence-electron chi connectivity index (χ3n) is 3.48. The van der Waals surface area contributed by atoms with E-state index in [1.807, 2.05) is 38.1 Å². The Labute approximate surface area is 136 Å². The van der Waals surface area contributed by atoms with Crippen LogP contribution < -0.4 is 10.6 Å². The SMILES string of the molecule is CCCC(=O)Nc1ccc(C(=O)NCc2ccc(C)cc2)cc1. The quantitative estimate of drug-likeness (QED) is 0.855. The molecule has 23 heavy (non-hydrogen) atoms. The zero-order valence-electron chi connectivity index (χ0n) is 13.6. The standard InChI is InChI=1S/C19H22N2O2/c1-3-4-18(22)21-17-11-9-16(10-12-17)19(23)20-13-15-7-5-14(2)6-8-15/h5-12H,3-4,13H2,1-2H3,(H,20,23)(H,21,22). The molecule has 4 heteroatoms. The average Bonchev–Trinajstić information content (AvgIpc) is 2.55. The van der Waals surface area contributed by atoms with Gasteiger partial charge in [0, 0.05) is 24.2 Å². The van der Waals surface area contributed by atoms with Crippen molar-refractivity contribution in [3.05, 3.63) is 65.2 Å². The molecule has 4 nitrogen and oxygen atoms in total. The molecule has 0 atom stereocenters. The molecule has 0 saturated carbocycles. The third kappa shape index (κ3) is 5.25. The summed E-state index contributed by atoms with van der Waals surface area (Å²) < 4.78 is 0. The van der Waals surface area contributed by atoms with Gasteiger partial charge in [-0.15, -0.1) is 0 Å².